The summed E-state index contributed by atoms with van der Waals surface area (Å²) >= 11 is 0. The molecular weight excluding hydrogens is 204 g/mol. The third-order valence-electron chi connectivity index (χ3n) is 2.02. The molecule has 0 spiro atoms. The first-order valence-corrected chi connectivity index (χ1v) is 4.94. The zero-order chi connectivity index (χ0) is 12.0. The normalized spacial score (nSPS) is 11.0. The van der Waals surface area contributed by atoms with Crippen molar-refractivity contribution in [2.75, 3.05) is 7.05 Å². The highest BCUT2D eigenvalue weighted by atomic mass is 16.2. The number of rotatable bonds is 2. The molecule has 5 nitrogen and oxygen atoms in total. The van der Waals surface area contributed by atoms with E-state index < -0.39 is 0 Å². The Labute approximate surface area is 94.8 Å². The van der Waals surface area contributed by atoms with Crippen LogP contribution in [0.3, 0.4) is 0 Å². The molecule has 0 atom stereocenters. The third kappa shape index (κ3) is 4.00. The Hall–Kier alpha value is -2.04. The fourth-order valence-corrected chi connectivity index (χ4v) is 1.22. The first-order chi connectivity index (χ1) is 7.61. The van der Waals surface area contributed by atoms with Gasteiger partial charge in [0.2, 0.25) is 0 Å². The maximum absolute atomic E-state index is 11.3. The van der Waals surface area contributed by atoms with Gasteiger partial charge in [-0.3, -0.25) is 10.3 Å². The molecule has 0 aromatic heterocycles. The lowest BCUT2D eigenvalue weighted by atomic mass is 10.1. The van der Waals surface area contributed by atoms with Gasteiger partial charge in [-0.05, 0) is 12.5 Å². The second-order valence-electron chi connectivity index (χ2n) is 3.41. The van der Waals surface area contributed by atoms with Crippen LogP contribution in [0.25, 0.3) is 0 Å². The highest BCUT2D eigenvalue weighted by molar-refractivity contribution is 5.95. The number of hydrogen-bond acceptors (Lipinski definition) is 2. The van der Waals surface area contributed by atoms with Gasteiger partial charge in [-0.2, -0.15) is 0 Å². The molecule has 0 radical (unpaired) electrons. The molecule has 1 aromatic carbocycles. The largest absolute Gasteiger partial charge is 0.370 e. The van der Waals surface area contributed by atoms with Gasteiger partial charge in [0.25, 0.3) is 0 Å². The summed E-state index contributed by atoms with van der Waals surface area (Å²) < 4.78 is 0. The Morgan fingerprint density at radius 2 is 2.25 bits per heavy atom. The third-order valence-corrected chi connectivity index (χ3v) is 2.02. The molecule has 0 saturated heterocycles. The second kappa shape index (κ2) is 5.75. The smallest absolute Gasteiger partial charge is 0.321 e. The van der Waals surface area contributed by atoms with E-state index in [-0.39, 0.29) is 12.0 Å². The van der Waals surface area contributed by atoms with Gasteiger partial charge in [0.1, 0.15) is 0 Å². The van der Waals surface area contributed by atoms with Gasteiger partial charge in [0, 0.05) is 13.6 Å². The average Bonchev–Trinajstić information content (AvgIpc) is 2.26. The number of aryl methyl sites for hydroxylation is 1. The van der Waals surface area contributed by atoms with Crippen molar-refractivity contribution in [3.63, 3.8) is 0 Å². The number of nitrogens with one attached hydrogen (secondary N) is 2. The van der Waals surface area contributed by atoms with Crippen LogP contribution >= 0.6 is 0 Å². The predicted molar refractivity (Wildman–Crippen MR) is 64.1 cm³/mol. The molecule has 0 aliphatic heterocycles. The van der Waals surface area contributed by atoms with Crippen molar-refractivity contribution in [2.45, 2.75) is 13.5 Å². The number of carbonyl (C=O) groups is 1. The zero-order valence-electron chi connectivity index (χ0n) is 9.45. The van der Waals surface area contributed by atoms with Crippen LogP contribution in [0, 0.1) is 6.92 Å². The summed E-state index contributed by atoms with van der Waals surface area (Å²) in [5.41, 5.74) is 7.55. The Balaban J connectivity index is 2.43. The lowest BCUT2D eigenvalue weighted by molar-refractivity contribution is 0.245. The summed E-state index contributed by atoms with van der Waals surface area (Å²) in [6.07, 6.45) is 0. The minimum absolute atomic E-state index is 0.0988. The number of urea groups is 1. The number of aliphatic imine (C=N–C) groups is 1. The van der Waals surface area contributed by atoms with E-state index in [1.807, 2.05) is 31.2 Å². The van der Waals surface area contributed by atoms with Crippen molar-refractivity contribution in [1.82, 2.24) is 10.6 Å². The molecule has 86 valence electrons. The number of nitrogens with two attached hydrogens (primary N) is 1. The van der Waals surface area contributed by atoms with E-state index in [9.17, 15) is 4.79 Å². The number of carbonyl (C=O) groups excluding carboxylic acids is 1. The van der Waals surface area contributed by atoms with Crippen LogP contribution in [-0.4, -0.2) is 19.0 Å². The van der Waals surface area contributed by atoms with Crippen molar-refractivity contribution < 1.29 is 4.79 Å². The lowest BCUT2D eigenvalue weighted by Crippen LogP contribution is -2.42. The molecule has 4 N–H and O–H groups in total. The molecular formula is C11H16N4O. The minimum Gasteiger partial charge on any atom is -0.370 e. The molecule has 0 fully saturated rings. The van der Waals surface area contributed by atoms with Crippen LogP contribution < -0.4 is 16.4 Å². The summed E-state index contributed by atoms with van der Waals surface area (Å²) in [5.74, 6) is 0.0988. The summed E-state index contributed by atoms with van der Waals surface area (Å²) in [6, 6.07) is 7.56. The first kappa shape index (κ1) is 12.0. The number of guanidine groups is 1. The quantitative estimate of drug-likeness (QED) is 0.507. The van der Waals surface area contributed by atoms with E-state index >= 15 is 0 Å². The Kier molecular flexibility index (Phi) is 4.32. The van der Waals surface area contributed by atoms with Crippen molar-refractivity contribution in [3.8, 4) is 0 Å². The Morgan fingerprint density at radius 1 is 1.50 bits per heavy atom. The van der Waals surface area contributed by atoms with E-state index in [4.69, 9.17) is 5.73 Å². The summed E-state index contributed by atoms with van der Waals surface area (Å²) in [4.78, 5) is 14.9. The molecule has 1 rings (SSSR count). The van der Waals surface area contributed by atoms with Crippen molar-refractivity contribution >= 4 is 12.0 Å². The van der Waals surface area contributed by atoms with E-state index in [0.29, 0.717) is 6.54 Å². The fraction of sp³-hybridized carbons (Fsp3) is 0.273. The van der Waals surface area contributed by atoms with Crippen LogP contribution in [0.5, 0.6) is 0 Å². The molecule has 5 heteroatoms. The molecule has 0 saturated carbocycles. The average molecular weight is 220 g/mol. The van der Waals surface area contributed by atoms with Crippen molar-refractivity contribution in [3.05, 3.63) is 35.4 Å². The van der Waals surface area contributed by atoms with E-state index in [1.54, 1.807) is 0 Å². The molecule has 0 heterocycles. The molecule has 0 unspecified atom stereocenters. The molecule has 1 aromatic rings. The summed E-state index contributed by atoms with van der Waals surface area (Å²) in [7, 11) is 1.51. The zero-order valence-corrected chi connectivity index (χ0v) is 9.45. The minimum atomic E-state index is -0.357. The van der Waals surface area contributed by atoms with Gasteiger partial charge in [0.15, 0.2) is 5.96 Å². The van der Waals surface area contributed by atoms with E-state index in [2.05, 4.69) is 15.6 Å². The van der Waals surface area contributed by atoms with E-state index in [0.717, 1.165) is 11.1 Å². The number of nitrogens with zero attached hydrogens (tertiary/aromatic N) is 1. The maximum atomic E-state index is 11.3. The van der Waals surface area contributed by atoms with E-state index in [1.165, 1.54) is 7.05 Å². The highest BCUT2D eigenvalue weighted by Gasteiger charge is 2.01. The molecule has 0 aliphatic rings. The standard InChI is InChI=1S/C11H16N4O/c1-8-4-3-5-9(6-8)7-14-11(16)15-10(12)13-2/h3-6H,7H2,1-2H3,(H4,12,13,14,15,16). The number of amides is 2. The molecule has 2 amide bonds. The molecule has 16 heavy (non-hydrogen) atoms. The SMILES string of the molecule is CN=C(N)NC(=O)NCc1cccc(C)c1. The number of benzene rings is 1. The molecule has 0 bridgehead atoms. The summed E-state index contributed by atoms with van der Waals surface area (Å²) in [6.45, 7) is 2.47. The predicted octanol–water partition coefficient (Wildman–Crippen LogP) is 0.739. The highest BCUT2D eigenvalue weighted by Crippen LogP contribution is 2.02. The van der Waals surface area contributed by atoms with Crippen LogP contribution in [0.1, 0.15) is 11.1 Å². The van der Waals surface area contributed by atoms with Crippen LogP contribution in [0.15, 0.2) is 29.3 Å². The maximum Gasteiger partial charge on any atom is 0.321 e. The van der Waals surface area contributed by atoms with Crippen LogP contribution in [0.4, 0.5) is 4.79 Å². The monoisotopic (exact) mass is 220 g/mol. The fourth-order valence-electron chi connectivity index (χ4n) is 1.22. The van der Waals surface area contributed by atoms with Crippen LogP contribution in [-0.2, 0) is 6.54 Å². The van der Waals surface area contributed by atoms with Gasteiger partial charge < -0.3 is 11.1 Å². The molecule has 0 aliphatic carbocycles. The van der Waals surface area contributed by atoms with Crippen molar-refractivity contribution in [1.29, 1.82) is 0 Å². The van der Waals surface area contributed by atoms with Gasteiger partial charge in [0.05, 0.1) is 0 Å². The Bertz CT molecular complexity index is 401. The van der Waals surface area contributed by atoms with Gasteiger partial charge in [-0.1, -0.05) is 29.8 Å². The lowest BCUT2D eigenvalue weighted by Gasteiger charge is -2.07. The topological polar surface area (TPSA) is 79.5 Å². The second-order valence-corrected chi connectivity index (χ2v) is 3.41. The number of hydrogen-bond donors (Lipinski definition) is 3. The first-order valence-electron chi connectivity index (χ1n) is 4.94. The van der Waals surface area contributed by atoms with Crippen LogP contribution in [0.2, 0.25) is 0 Å². The van der Waals surface area contributed by atoms with Gasteiger partial charge in [-0.15, -0.1) is 0 Å². The van der Waals surface area contributed by atoms with Gasteiger partial charge in [-0.25, -0.2) is 4.79 Å². The van der Waals surface area contributed by atoms with Gasteiger partial charge >= 0.3 is 6.03 Å². The van der Waals surface area contributed by atoms with Crippen molar-refractivity contribution in [2.24, 2.45) is 10.7 Å². The summed E-state index contributed by atoms with van der Waals surface area (Å²) in [5, 5.41) is 5.07. The Morgan fingerprint density at radius 3 is 2.88 bits per heavy atom.